The molecule has 100 valence electrons. The quantitative estimate of drug-likeness (QED) is 0.792. The molecule has 2 nitrogen and oxygen atoms in total. The third-order valence-corrected chi connectivity index (χ3v) is 4.81. The van der Waals surface area contributed by atoms with Crippen LogP contribution in [0.15, 0.2) is 30.3 Å². The van der Waals surface area contributed by atoms with E-state index in [1.807, 2.05) is 0 Å². The molecule has 0 unspecified atom stereocenters. The molecule has 1 heterocycles. The van der Waals surface area contributed by atoms with Crippen molar-refractivity contribution in [2.75, 3.05) is 27.7 Å². The SMILES string of the molecule is C[C@@H]1C[C@@](c2ccccc2)(N(C)C)[C@H](C)CN1C. The van der Waals surface area contributed by atoms with Crippen LogP contribution in [0.3, 0.4) is 0 Å². The van der Waals surface area contributed by atoms with Gasteiger partial charge in [-0.25, -0.2) is 0 Å². The van der Waals surface area contributed by atoms with Gasteiger partial charge in [-0.1, -0.05) is 37.3 Å². The van der Waals surface area contributed by atoms with E-state index >= 15 is 0 Å². The molecule has 0 aromatic heterocycles. The van der Waals surface area contributed by atoms with E-state index in [4.69, 9.17) is 0 Å². The van der Waals surface area contributed by atoms with Gasteiger partial charge in [0.25, 0.3) is 0 Å². The van der Waals surface area contributed by atoms with Gasteiger partial charge in [-0.05, 0) is 46.0 Å². The van der Waals surface area contributed by atoms with Crippen LogP contribution in [0, 0.1) is 5.92 Å². The van der Waals surface area contributed by atoms with Gasteiger partial charge >= 0.3 is 0 Å². The van der Waals surface area contributed by atoms with Gasteiger partial charge in [0.2, 0.25) is 0 Å². The molecule has 0 aliphatic carbocycles. The van der Waals surface area contributed by atoms with Gasteiger partial charge in [0.05, 0.1) is 5.54 Å². The van der Waals surface area contributed by atoms with Crippen molar-refractivity contribution in [2.24, 2.45) is 5.92 Å². The smallest absolute Gasteiger partial charge is 0.0507 e. The van der Waals surface area contributed by atoms with E-state index in [1.54, 1.807) is 0 Å². The first-order chi connectivity index (χ1) is 8.48. The van der Waals surface area contributed by atoms with Gasteiger partial charge in [0, 0.05) is 12.6 Å². The highest BCUT2D eigenvalue weighted by atomic mass is 15.2. The van der Waals surface area contributed by atoms with Crippen LogP contribution in [0.4, 0.5) is 0 Å². The Morgan fingerprint density at radius 1 is 1.17 bits per heavy atom. The van der Waals surface area contributed by atoms with Crippen molar-refractivity contribution < 1.29 is 0 Å². The molecule has 2 heteroatoms. The first-order valence-corrected chi connectivity index (χ1v) is 6.91. The number of piperidine rings is 1. The standard InChI is InChI=1S/C16H26N2/c1-13-12-18(5)14(2)11-16(13,17(3)4)15-9-7-6-8-10-15/h6-10,13-14H,11-12H2,1-5H3/t13-,14-,16-/m1/s1. The second-order valence-electron chi connectivity index (χ2n) is 6.08. The first kappa shape index (κ1) is 13.6. The van der Waals surface area contributed by atoms with Gasteiger partial charge in [0.15, 0.2) is 0 Å². The van der Waals surface area contributed by atoms with Crippen LogP contribution >= 0.6 is 0 Å². The molecule has 1 aromatic rings. The summed E-state index contributed by atoms with van der Waals surface area (Å²) >= 11 is 0. The van der Waals surface area contributed by atoms with Crippen LogP contribution in [-0.2, 0) is 5.54 Å². The number of likely N-dealkylation sites (tertiary alicyclic amines) is 1. The molecule has 18 heavy (non-hydrogen) atoms. The Hall–Kier alpha value is -0.860. The van der Waals surface area contributed by atoms with Crippen LogP contribution in [-0.4, -0.2) is 43.5 Å². The minimum atomic E-state index is 0.174. The summed E-state index contributed by atoms with van der Waals surface area (Å²) in [4.78, 5) is 4.91. The Labute approximate surface area is 112 Å². The number of hydrogen-bond acceptors (Lipinski definition) is 2. The summed E-state index contributed by atoms with van der Waals surface area (Å²) in [6.45, 7) is 5.89. The molecule has 3 atom stereocenters. The van der Waals surface area contributed by atoms with Crippen LogP contribution in [0.2, 0.25) is 0 Å². The molecule has 1 fully saturated rings. The molecule has 1 saturated heterocycles. The summed E-state index contributed by atoms with van der Waals surface area (Å²) in [6.07, 6.45) is 1.20. The summed E-state index contributed by atoms with van der Waals surface area (Å²) < 4.78 is 0. The lowest BCUT2D eigenvalue weighted by Gasteiger charge is -2.53. The monoisotopic (exact) mass is 246 g/mol. The highest BCUT2D eigenvalue weighted by Crippen LogP contribution is 2.43. The Morgan fingerprint density at radius 3 is 2.33 bits per heavy atom. The zero-order valence-electron chi connectivity index (χ0n) is 12.4. The molecule has 0 saturated carbocycles. The predicted molar refractivity (Wildman–Crippen MR) is 77.7 cm³/mol. The highest BCUT2D eigenvalue weighted by molar-refractivity contribution is 5.27. The van der Waals surface area contributed by atoms with Crippen LogP contribution in [0.25, 0.3) is 0 Å². The molecule has 1 aliphatic heterocycles. The van der Waals surface area contributed by atoms with Crippen molar-refractivity contribution in [2.45, 2.75) is 31.8 Å². The fourth-order valence-corrected chi connectivity index (χ4v) is 3.58. The van der Waals surface area contributed by atoms with Crippen molar-refractivity contribution in [1.82, 2.24) is 9.80 Å². The highest BCUT2D eigenvalue weighted by Gasteiger charge is 2.45. The third-order valence-electron chi connectivity index (χ3n) is 4.81. The largest absolute Gasteiger partial charge is 0.303 e. The zero-order valence-corrected chi connectivity index (χ0v) is 12.4. The minimum Gasteiger partial charge on any atom is -0.303 e. The lowest BCUT2D eigenvalue weighted by atomic mass is 9.71. The van der Waals surface area contributed by atoms with Crippen molar-refractivity contribution in [3.63, 3.8) is 0 Å². The fraction of sp³-hybridized carbons (Fsp3) is 0.625. The minimum absolute atomic E-state index is 0.174. The van der Waals surface area contributed by atoms with Gasteiger partial charge in [-0.3, -0.25) is 4.90 Å². The summed E-state index contributed by atoms with van der Waals surface area (Å²) in [5.41, 5.74) is 1.63. The molecule has 0 amide bonds. The van der Waals surface area contributed by atoms with Crippen molar-refractivity contribution in [1.29, 1.82) is 0 Å². The Kier molecular flexibility index (Phi) is 3.79. The Bertz CT molecular complexity index is 387. The Balaban J connectivity index is 2.44. The zero-order chi connectivity index (χ0) is 13.3. The second kappa shape index (κ2) is 5.02. The van der Waals surface area contributed by atoms with E-state index in [2.05, 4.69) is 75.1 Å². The normalized spacial score (nSPS) is 33.9. The topological polar surface area (TPSA) is 6.48 Å². The average Bonchev–Trinajstić information content (AvgIpc) is 2.34. The summed E-state index contributed by atoms with van der Waals surface area (Å²) in [5, 5.41) is 0. The van der Waals surface area contributed by atoms with Gasteiger partial charge < -0.3 is 4.90 Å². The fourth-order valence-electron chi connectivity index (χ4n) is 3.58. The molecule has 1 aromatic carbocycles. The molecule has 2 rings (SSSR count). The lowest BCUT2D eigenvalue weighted by molar-refractivity contribution is -0.0151. The first-order valence-electron chi connectivity index (χ1n) is 6.91. The van der Waals surface area contributed by atoms with Gasteiger partial charge in [-0.15, -0.1) is 0 Å². The number of rotatable bonds is 2. The van der Waals surface area contributed by atoms with E-state index in [0.29, 0.717) is 12.0 Å². The molecule has 0 radical (unpaired) electrons. The molecule has 0 bridgehead atoms. The Morgan fingerprint density at radius 2 is 1.78 bits per heavy atom. The van der Waals surface area contributed by atoms with E-state index < -0.39 is 0 Å². The summed E-state index contributed by atoms with van der Waals surface area (Å²) in [5.74, 6) is 0.635. The van der Waals surface area contributed by atoms with Crippen molar-refractivity contribution in [3.8, 4) is 0 Å². The van der Waals surface area contributed by atoms with Gasteiger partial charge in [-0.2, -0.15) is 0 Å². The maximum absolute atomic E-state index is 2.48. The molecule has 0 spiro atoms. The third kappa shape index (κ3) is 2.08. The second-order valence-corrected chi connectivity index (χ2v) is 6.08. The van der Waals surface area contributed by atoms with Crippen LogP contribution in [0.1, 0.15) is 25.8 Å². The van der Waals surface area contributed by atoms with E-state index in [1.165, 1.54) is 12.0 Å². The predicted octanol–water partition coefficient (Wildman–Crippen LogP) is 2.80. The van der Waals surface area contributed by atoms with Gasteiger partial charge in [0.1, 0.15) is 0 Å². The van der Waals surface area contributed by atoms with Crippen LogP contribution in [0.5, 0.6) is 0 Å². The molecular weight excluding hydrogens is 220 g/mol. The number of hydrogen-bond donors (Lipinski definition) is 0. The molecular formula is C16H26N2. The summed E-state index contributed by atoms with van der Waals surface area (Å²) in [7, 11) is 6.69. The summed E-state index contributed by atoms with van der Waals surface area (Å²) in [6, 6.07) is 11.6. The van der Waals surface area contributed by atoms with Crippen molar-refractivity contribution in [3.05, 3.63) is 35.9 Å². The van der Waals surface area contributed by atoms with E-state index in [9.17, 15) is 0 Å². The molecule has 0 N–H and O–H groups in total. The van der Waals surface area contributed by atoms with Crippen molar-refractivity contribution >= 4 is 0 Å². The van der Waals surface area contributed by atoms with E-state index in [0.717, 1.165) is 6.54 Å². The maximum Gasteiger partial charge on any atom is 0.0507 e. The number of benzene rings is 1. The lowest BCUT2D eigenvalue weighted by Crippen LogP contribution is -2.57. The van der Waals surface area contributed by atoms with Crippen LogP contribution < -0.4 is 0 Å². The van der Waals surface area contributed by atoms with E-state index in [-0.39, 0.29) is 5.54 Å². The number of nitrogens with zero attached hydrogens (tertiary/aromatic N) is 2. The molecule has 1 aliphatic rings. The average molecular weight is 246 g/mol. The maximum atomic E-state index is 2.48.